The van der Waals surface area contributed by atoms with Crippen LogP contribution in [-0.4, -0.2) is 11.1 Å². The number of para-hydroxylation sites is 1. The van der Waals surface area contributed by atoms with Gasteiger partial charge < -0.3 is 15.0 Å². The fourth-order valence-electron chi connectivity index (χ4n) is 0.646. The quantitative estimate of drug-likeness (QED) is 0.636. The van der Waals surface area contributed by atoms with Crippen LogP contribution in [0.1, 0.15) is 10.4 Å². The van der Waals surface area contributed by atoms with Crippen molar-refractivity contribution in [2.75, 3.05) is 0 Å². The van der Waals surface area contributed by atoms with Crippen molar-refractivity contribution in [2.24, 2.45) is 0 Å². The minimum atomic E-state index is -1.36. The molecule has 1 N–H and O–H groups in total. The predicted molar refractivity (Wildman–Crippen MR) is 32.4 cm³/mol. The van der Waals surface area contributed by atoms with Crippen LogP contribution in [0.5, 0.6) is 5.75 Å². The van der Waals surface area contributed by atoms with E-state index in [0.717, 1.165) is 0 Å². The summed E-state index contributed by atoms with van der Waals surface area (Å²) in [6.45, 7) is 0. The van der Waals surface area contributed by atoms with Crippen LogP contribution in [0, 0.1) is 12.4 Å². The van der Waals surface area contributed by atoms with Crippen molar-refractivity contribution >= 4 is 5.97 Å². The zero-order valence-corrected chi connectivity index (χ0v) is 6.21. The Morgan fingerprint density at radius 1 is 1.36 bits per heavy atom. The van der Waals surface area contributed by atoms with E-state index < -0.39 is 5.97 Å². The Morgan fingerprint density at radius 2 is 1.91 bits per heavy atom. The van der Waals surface area contributed by atoms with Gasteiger partial charge in [-0.25, -0.2) is 0 Å². The summed E-state index contributed by atoms with van der Waals surface area (Å²) in [5.74, 6) is -1.62. The molecule has 0 saturated heterocycles. The molecule has 0 fully saturated rings. The van der Waals surface area contributed by atoms with E-state index in [-0.39, 0.29) is 23.7 Å². The van der Waals surface area contributed by atoms with Gasteiger partial charge in [0, 0.05) is 5.56 Å². The number of carbonyl (C=O) groups is 1. The molecule has 0 saturated carbocycles. The van der Waals surface area contributed by atoms with E-state index in [2.05, 4.69) is 0 Å². The van der Waals surface area contributed by atoms with Gasteiger partial charge in [-0.1, -0.05) is 12.1 Å². The Kier molecular flexibility index (Phi) is 3.40. The number of halogens is 1. The summed E-state index contributed by atoms with van der Waals surface area (Å²) in [6, 6.07) is 5.64. The lowest BCUT2D eigenvalue weighted by Gasteiger charge is -2.02. The van der Waals surface area contributed by atoms with Crippen molar-refractivity contribution in [1.82, 2.24) is 0 Å². The van der Waals surface area contributed by atoms with Crippen molar-refractivity contribution in [3.05, 3.63) is 29.8 Å². The van der Waals surface area contributed by atoms with Gasteiger partial charge in [0.1, 0.15) is 5.75 Å². The Hall–Kier alpha value is -1.22. The molecule has 0 aliphatic rings. The first-order valence-electron chi connectivity index (χ1n) is 2.71. The Bertz CT molecular complexity index is 260. The zero-order chi connectivity index (χ0) is 7.56. The molecule has 0 atom stereocenters. The largest absolute Gasteiger partial charge is 1.00 e. The molecule has 1 rings (SSSR count). The standard InChI is InChI=1S/C7H6O3.Cl/c8-6-4-2-1-3-5(6)7(9)10;/h1-4,8H,(H,9,10);/q;+1/p-1. The normalized spacial score (nSPS) is 8.36. The molecular formula is C7H5ClO3. The van der Waals surface area contributed by atoms with E-state index in [4.69, 9.17) is 5.11 Å². The summed E-state index contributed by atoms with van der Waals surface area (Å²) in [6.07, 6.45) is 0. The van der Waals surface area contributed by atoms with Gasteiger partial charge in [0.05, 0.1) is 5.97 Å². The average molecular weight is 173 g/mol. The van der Waals surface area contributed by atoms with Gasteiger partial charge in [-0.05, 0) is 12.1 Å². The number of rotatable bonds is 1. The van der Waals surface area contributed by atoms with Gasteiger partial charge in [-0.15, -0.1) is 0 Å². The monoisotopic (exact) mass is 172 g/mol. The maximum Gasteiger partial charge on any atom is 1.00 e. The molecular weight excluding hydrogens is 168 g/mol. The Morgan fingerprint density at radius 3 is 2.27 bits per heavy atom. The van der Waals surface area contributed by atoms with E-state index >= 15 is 0 Å². The maximum absolute atomic E-state index is 10.2. The lowest BCUT2D eigenvalue weighted by molar-refractivity contribution is -0.255. The molecule has 0 aliphatic carbocycles. The lowest BCUT2D eigenvalue weighted by atomic mass is 10.2. The van der Waals surface area contributed by atoms with Gasteiger partial charge in [0.2, 0.25) is 0 Å². The van der Waals surface area contributed by atoms with Crippen molar-refractivity contribution < 1.29 is 27.4 Å². The van der Waals surface area contributed by atoms with E-state index in [1.165, 1.54) is 18.2 Å². The molecule has 1 aromatic rings. The molecule has 2 radical (unpaired) electrons. The number of aromatic hydroxyl groups is 1. The van der Waals surface area contributed by atoms with Gasteiger partial charge in [0.25, 0.3) is 0 Å². The number of carbonyl (C=O) groups excluding carboxylic acids is 1. The average Bonchev–Trinajstić information content (AvgIpc) is 1.88. The summed E-state index contributed by atoms with van der Waals surface area (Å²) in [7, 11) is 0. The summed E-state index contributed by atoms with van der Waals surface area (Å²) in [5.41, 5.74) is -0.178. The van der Waals surface area contributed by atoms with Crippen LogP contribution >= 0.6 is 0 Å². The summed E-state index contributed by atoms with van der Waals surface area (Å²) >= 11 is 0. The molecule has 1 aromatic carbocycles. The highest BCUT2D eigenvalue weighted by Crippen LogP contribution is 2.13. The SMILES string of the molecule is O=C([O-])c1ccccc1O.[Cl+]. The number of phenols is 1. The number of benzene rings is 1. The number of carboxylic acid groups (broad SMARTS) is 1. The van der Waals surface area contributed by atoms with Crippen LogP contribution in [0.2, 0.25) is 0 Å². The fourth-order valence-corrected chi connectivity index (χ4v) is 0.646. The van der Waals surface area contributed by atoms with E-state index in [1.807, 2.05) is 0 Å². The van der Waals surface area contributed by atoms with Crippen LogP contribution in [-0.2, 0) is 0 Å². The minimum absolute atomic E-state index is 0. The summed E-state index contributed by atoms with van der Waals surface area (Å²) in [5, 5.41) is 19.0. The molecule has 58 valence electrons. The first-order chi connectivity index (χ1) is 4.72. The van der Waals surface area contributed by atoms with Crippen molar-refractivity contribution in [1.29, 1.82) is 0 Å². The van der Waals surface area contributed by atoms with E-state index in [1.54, 1.807) is 6.07 Å². The molecule has 0 amide bonds. The van der Waals surface area contributed by atoms with Gasteiger partial charge in [0.15, 0.2) is 0 Å². The molecule has 0 aromatic heterocycles. The Labute approximate surface area is 69.7 Å². The molecule has 0 bridgehead atoms. The molecule has 11 heavy (non-hydrogen) atoms. The highest BCUT2D eigenvalue weighted by atomic mass is 35.5. The van der Waals surface area contributed by atoms with Crippen molar-refractivity contribution in [2.45, 2.75) is 0 Å². The molecule has 0 heterocycles. The van der Waals surface area contributed by atoms with Gasteiger partial charge in [-0.3, -0.25) is 0 Å². The third-order valence-electron chi connectivity index (χ3n) is 1.12. The first-order valence-corrected chi connectivity index (χ1v) is 2.71. The van der Waals surface area contributed by atoms with Crippen molar-refractivity contribution in [3.63, 3.8) is 0 Å². The minimum Gasteiger partial charge on any atom is -0.545 e. The molecule has 3 nitrogen and oxygen atoms in total. The first kappa shape index (κ1) is 9.78. The zero-order valence-electron chi connectivity index (χ0n) is 5.45. The number of aromatic carboxylic acids is 1. The second kappa shape index (κ2) is 3.83. The number of hydrogen-bond donors (Lipinski definition) is 1. The highest BCUT2D eigenvalue weighted by molar-refractivity contribution is 5.88. The van der Waals surface area contributed by atoms with Gasteiger partial charge >= 0.3 is 12.4 Å². The van der Waals surface area contributed by atoms with Crippen LogP contribution in [0.15, 0.2) is 24.3 Å². The summed E-state index contributed by atoms with van der Waals surface area (Å²) in [4.78, 5) is 10.2. The highest BCUT2D eigenvalue weighted by Gasteiger charge is 1.97. The summed E-state index contributed by atoms with van der Waals surface area (Å²) < 4.78 is 0. The van der Waals surface area contributed by atoms with E-state index in [9.17, 15) is 9.90 Å². The van der Waals surface area contributed by atoms with Crippen LogP contribution in [0.3, 0.4) is 0 Å². The maximum atomic E-state index is 10.2. The number of carboxylic acids is 1. The van der Waals surface area contributed by atoms with Crippen LogP contribution in [0.25, 0.3) is 0 Å². The molecule has 0 spiro atoms. The molecule has 0 aliphatic heterocycles. The Balaban J connectivity index is 0.000001000. The van der Waals surface area contributed by atoms with Crippen LogP contribution in [0.4, 0.5) is 0 Å². The lowest BCUT2D eigenvalue weighted by Crippen LogP contribution is -2.22. The number of hydrogen-bond acceptors (Lipinski definition) is 3. The predicted octanol–water partition coefficient (Wildman–Crippen LogP) is -0.244. The smallest absolute Gasteiger partial charge is 0.545 e. The third kappa shape index (κ3) is 2.13. The van der Waals surface area contributed by atoms with Crippen LogP contribution < -0.4 is 5.11 Å². The topological polar surface area (TPSA) is 60.4 Å². The fraction of sp³-hybridized carbons (Fsp3) is 0. The second-order valence-electron chi connectivity index (χ2n) is 1.80. The van der Waals surface area contributed by atoms with Gasteiger partial charge in [-0.2, -0.15) is 0 Å². The van der Waals surface area contributed by atoms with Crippen molar-refractivity contribution in [3.8, 4) is 5.75 Å². The molecule has 4 heteroatoms. The second-order valence-corrected chi connectivity index (χ2v) is 1.80. The third-order valence-corrected chi connectivity index (χ3v) is 1.12. The molecule has 0 unspecified atom stereocenters. The van der Waals surface area contributed by atoms with E-state index in [0.29, 0.717) is 0 Å².